The van der Waals surface area contributed by atoms with Gasteiger partial charge in [-0.2, -0.15) is 13.2 Å². The van der Waals surface area contributed by atoms with Crippen LogP contribution < -0.4 is 5.32 Å². The number of alkyl halides is 3. The number of hydrogen-bond acceptors (Lipinski definition) is 5. The van der Waals surface area contributed by atoms with Crippen molar-refractivity contribution < 1.29 is 17.6 Å². The second-order valence-electron chi connectivity index (χ2n) is 5.08. The first kappa shape index (κ1) is 17.4. The Balaban J connectivity index is 1.82. The van der Waals surface area contributed by atoms with Crippen LogP contribution in [0, 0.1) is 0 Å². The molecule has 5 nitrogen and oxygen atoms in total. The molecule has 9 heteroatoms. The van der Waals surface area contributed by atoms with Crippen molar-refractivity contribution in [1.29, 1.82) is 0 Å². The van der Waals surface area contributed by atoms with Crippen LogP contribution in [-0.4, -0.2) is 21.5 Å². The number of aromatic nitrogens is 3. The first-order valence-corrected chi connectivity index (χ1v) is 8.06. The molecule has 0 aliphatic rings. The minimum Gasteiger partial charge on any atom is -0.454 e. The van der Waals surface area contributed by atoms with Gasteiger partial charge in [0.1, 0.15) is 11.6 Å². The standard InChI is InChI=1S/C16H12BrF3N4O/c17-13-2-1-11(25-13)5-8-22-14-9-12(16(18,19)20)23-15(24-14)10-3-6-21-7-4-10/h1-4,6-7,9H,5,8H2,(H,22,23,24). The van der Waals surface area contributed by atoms with Crippen LogP contribution in [-0.2, 0) is 12.6 Å². The van der Waals surface area contributed by atoms with Crippen molar-refractivity contribution in [3.05, 3.63) is 58.8 Å². The Hall–Kier alpha value is -2.42. The summed E-state index contributed by atoms with van der Waals surface area (Å²) in [5.74, 6) is 0.791. The quantitative estimate of drug-likeness (QED) is 0.664. The monoisotopic (exact) mass is 412 g/mol. The van der Waals surface area contributed by atoms with Crippen LogP contribution in [0.3, 0.4) is 0 Å². The van der Waals surface area contributed by atoms with Gasteiger partial charge in [0, 0.05) is 37.0 Å². The Labute approximate surface area is 149 Å². The number of pyridine rings is 1. The molecule has 0 bridgehead atoms. The van der Waals surface area contributed by atoms with Crippen LogP contribution >= 0.6 is 15.9 Å². The SMILES string of the molecule is FC(F)(F)c1cc(NCCc2ccc(Br)o2)nc(-c2ccncc2)n1. The number of nitrogens with zero attached hydrogens (tertiary/aromatic N) is 3. The second kappa shape index (κ2) is 7.22. The van der Waals surface area contributed by atoms with Gasteiger partial charge in [0.2, 0.25) is 0 Å². The Kier molecular flexibility index (Phi) is 5.03. The fraction of sp³-hybridized carbons (Fsp3) is 0.188. The van der Waals surface area contributed by atoms with Gasteiger partial charge >= 0.3 is 6.18 Å². The fourth-order valence-electron chi connectivity index (χ4n) is 2.11. The van der Waals surface area contributed by atoms with Gasteiger partial charge in [-0.25, -0.2) is 9.97 Å². The van der Waals surface area contributed by atoms with Gasteiger partial charge in [0.05, 0.1) is 0 Å². The molecule has 0 aliphatic heterocycles. The van der Waals surface area contributed by atoms with Gasteiger partial charge in [-0.1, -0.05) is 0 Å². The molecule has 3 aromatic heterocycles. The van der Waals surface area contributed by atoms with Crippen molar-refractivity contribution in [3.8, 4) is 11.4 Å². The number of furan rings is 1. The zero-order valence-corrected chi connectivity index (χ0v) is 14.3. The minimum atomic E-state index is -4.56. The Morgan fingerprint density at radius 2 is 1.84 bits per heavy atom. The topological polar surface area (TPSA) is 63.8 Å². The molecular weight excluding hydrogens is 401 g/mol. The molecule has 0 saturated heterocycles. The van der Waals surface area contributed by atoms with Crippen molar-refractivity contribution in [1.82, 2.24) is 15.0 Å². The second-order valence-corrected chi connectivity index (χ2v) is 5.86. The summed E-state index contributed by atoms with van der Waals surface area (Å²) in [5, 5.41) is 2.88. The molecule has 3 heterocycles. The van der Waals surface area contributed by atoms with Gasteiger partial charge in [0.25, 0.3) is 0 Å². The van der Waals surface area contributed by atoms with Crippen molar-refractivity contribution in [2.75, 3.05) is 11.9 Å². The number of halogens is 4. The molecule has 0 saturated carbocycles. The first-order chi connectivity index (χ1) is 11.9. The lowest BCUT2D eigenvalue weighted by Crippen LogP contribution is -2.13. The first-order valence-electron chi connectivity index (χ1n) is 7.26. The van der Waals surface area contributed by atoms with Crippen LogP contribution in [0.2, 0.25) is 0 Å². The third kappa shape index (κ3) is 4.56. The van der Waals surface area contributed by atoms with E-state index < -0.39 is 11.9 Å². The molecule has 0 fully saturated rings. The zero-order valence-electron chi connectivity index (χ0n) is 12.7. The highest BCUT2D eigenvalue weighted by Gasteiger charge is 2.33. The number of hydrogen-bond donors (Lipinski definition) is 1. The van der Waals surface area contributed by atoms with Crippen LogP contribution in [0.1, 0.15) is 11.5 Å². The summed E-state index contributed by atoms with van der Waals surface area (Å²) in [6.45, 7) is 0.365. The Morgan fingerprint density at radius 1 is 1.08 bits per heavy atom. The summed E-state index contributed by atoms with van der Waals surface area (Å²) >= 11 is 3.20. The highest BCUT2D eigenvalue weighted by molar-refractivity contribution is 9.10. The summed E-state index contributed by atoms with van der Waals surface area (Å²) in [4.78, 5) is 11.6. The summed E-state index contributed by atoms with van der Waals surface area (Å²) in [6.07, 6.45) is -1.11. The van der Waals surface area contributed by atoms with E-state index in [1.807, 2.05) is 0 Å². The van der Waals surface area contributed by atoms with Gasteiger partial charge in [-0.15, -0.1) is 0 Å². The fourth-order valence-corrected chi connectivity index (χ4v) is 2.45. The van der Waals surface area contributed by atoms with E-state index in [0.29, 0.717) is 29.0 Å². The molecule has 0 amide bonds. The molecule has 0 unspecified atom stereocenters. The zero-order chi connectivity index (χ0) is 17.9. The van der Waals surface area contributed by atoms with E-state index in [2.05, 4.69) is 36.2 Å². The third-order valence-corrected chi connectivity index (χ3v) is 3.69. The number of nitrogens with one attached hydrogen (secondary N) is 1. The maximum absolute atomic E-state index is 13.1. The summed E-state index contributed by atoms with van der Waals surface area (Å²) < 4.78 is 45.3. The number of rotatable bonds is 5. The molecular formula is C16H12BrF3N4O. The van der Waals surface area contributed by atoms with E-state index in [1.54, 1.807) is 24.3 Å². The van der Waals surface area contributed by atoms with Crippen molar-refractivity contribution in [2.45, 2.75) is 12.6 Å². The van der Waals surface area contributed by atoms with Gasteiger partial charge < -0.3 is 9.73 Å². The third-order valence-electron chi connectivity index (χ3n) is 3.26. The van der Waals surface area contributed by atoms with Crippen LogP contribution in [0.15, 0.2) is 51.8 Å². The molecule has 0 aromatic carbocycles. The van der Waals surface area contributed by atoms with E-state index in [1.165, 1.54) is 12.4 Å². The van der Waals surface area contributed by atoms with E-state index in [9.17, 15) is 13.2 Å². The Bertz CT molecular complexity index is 852. The van der Waals surface area contributed by atoms with Crippen LogP contribution in [0.5, 0.6) is 0 Å². The van der Waals surface area contributed by atoms with E-state index in [0.717, 1.165) is 6.07 Å². The lowest BCUT2D eigenvalue weighted by Gasteiger charge is -2.11. The summed E-state index contributed by atoms with van der Waals surface area (Å²) in [6, 6.07) is 7.54. The maximum atomic E-state index is 13.1. The lowest BCUT2D eigenvalue weighted by molar-refractivity contribution is -0.141. The predicted molar refractivity (Wildman–Crippen MR) is 88.9 cm³/mol. The summed E-state index contributed by atoms with van der Waals surface area (Å²) in [7, 11) is 0. The van der Waals surface area contributed by atoms with E-state index >= 15 is 0 Å². The van der Waals surface area contributed by atoms with Crippen LogP contribution in [0.25, 0.3) is 11.4 Å². The Morgan fingerprint density at radius 3 is 2.48 bits per heavy atom. The average molecular weight is 413 g/mol. The molecule has 0 spiro atoms. The molecule has 0 radical (unpaired) electrons. The molecule has 3 rings (SSSR count). The van der Waals surface area contributed by atoms with Crippen molar-refractivity contribution >= 4 is 21.7 Å². The lowest BCUT2D eigenvalue weighted by atomic mass is 10.2. The maximum Gasteiger partial charge on any atom is 0.433 e. The van der Waals surface area contributed by atoms with Crippen molar-refractivity contribution in [2.24, 2.45) is 0 Å². The highest BCUT2D eigenvalue weighted by Crippen LogP contribution is 2.30. The van der Waals surface area contributed by atoms with E-state index in [-0.39, 0.29) is 11.6 Å². The smallest absolute Gasteiger partial charge is 0.433 e. The molecule has 3 aromatic rings. The highest BCUT2D eigenvalue weighted by atomic mass is 79.9. The van der Waals surface area contributed by atoms with E-state index in [4.69, 9.17) is 4.42 Å². The van der Waals surface area contributed by atoms with Gasteiger partial charge in [0.15, 0.2) is 16.2 Å². The predicted octanol–water partition coefficient (Wildman–Crippen LogP) is 4.57. The molecule has 1 N–H and O–H groups in total. The normalized spacial score (nSPS) is 11.5. The molecule has 0 aliphatic carbocycles. The molecule has 0 atom stereocenters. The largest absolute Gasteiger partial charge is 0.454 e. The average Bonchev–Trinajstić information content (AvgIpc) is 3.00. The van der Waals surface area contributed by atoms with Crippen LogP contribution in [0.4, 0.5) is 19.0 Å². The number of anilines is 1. The summed E-state index contributed by atoms with van der Waals surface area (Å²) in [5.41, 5.74) is -0.545. The van der Waals surface area contributed by atoms with Crippen molar-refractivity contribution in [3.63, 3.8) is 0 Å². The molecule has 130 valence electrons. The van der Waals surface area contributed by atoms with Gasteiger partial charge in [-0.3, -0.25) is 4.98 Å². The molecule has 25 heavy (non-hydrogen) atoms. The van der Waals surface area contributed by atoms with Gasteiger partial charge in [-0.05, 0) is 40.2 Å². The minimum absolute atomic E-state index is 0.0135.